The number of aromatic nitrogens is 2. The number of hydrogen-bond donors (Lipinski definition) is 1. The van der Waals surface area contributed by atoms with E-state index in [1.165, 1.54) is 65.3 Å². The summed E-state index contributed by atoms with van der Waals surface area (Å²) in [5.41, 5.74) is 0.241. The molecule has 7 heteroatoms. The number of methoxy groups -OCH3 is 1. The van der Waals surface area contributed by atoms with Crippen LogP contribution >= 0.6 is 0 Å². The first-order valence-corrected chi connectivity index (χ1v) is 10.2. The smallest absolute Gasteiger partial charge is 0.358 e. The van der Waals surface area contributed by atoms with E-state index >= 15 is 0 Å². The zero-order chi connectivity index (χ0) is 19.2. The fourth-order valence-corrected chi connectivity index (χ4v) is 4.24. The highest BCUT2D eigenvalue weighted by atomic mass is 16.5. The van der Waals surface area contributed by atoms with Crippen LogP contribution in [0.5, 0.6) is 0 Å². The van der Waals surface area contributed by atoms with Gasteiger partial charge in [-0.25, -0.2) is 14.8 Å². The highest BCUT2D eigenvalue weighted by molar-refractivity contribution is 5.86. The first kappa shape index (κ1) is 20.0. The van der Waals surface area contributed by atoms with Crippen molar-refractivity contribution in [2.24, 2.45) is 5.92 Å². The molecule has 27 heavy (non-hydrogen) atoms. The van der Waals surface area contributed by atoms with E-state index in [1.807, 2.05) is 0 Å². The summed E-state index contributed by atoms with van der Waals surface area (Å²) in [7, 11) is 1.35. The number of esters is 1. The van der Waals surface area contributed by atoms with Crippen LogP contribution in [0.15, 0.2) is 12.4 Å². The number of nitrogens with zero attached hydrogens (tertiary/aromatic N) is 4. The second-order valence-electron chi connectivity index (χ2n) is 8.08. The first-order chi connectivity index (χ1) is 13.0. The minimum absolute atomic E-state index is 0.241. The molecule has 1 saturated carbocycles. The largest absolute Gasteiger partial charge is 0.464 e. The molecule has 1 aromatic rings. The molecule has 0 aromatic carbocycles. The van der Waals surface area contributed by atoms with E-state index in [4.69, 9.17) is 0 Å². The van der Waals surface area contributed by atoms with Gasteiger partial charge in [-0.1, -0.05) is 6.42 Å². The highest BCUT2D eigenvalue weighted by Gasteiger charge is 2.26. The van der Waals surface area contributed by atoms with Gasteiger partial charge < -0.3 is 15.0 Å². The summed E-state index contributed by atoms with van der Waals surface area (Å²) < 4.78 is 4.66. The van der Waals surface area contributed by atoms with Crippen molar-refractivity contribution >= 4 is 11.8 Å². The van der Waals surface area contributed by atoms with Crippen LogP contribution in [0.25, 0.3) is 0 Å². The Labute approximate surface area is 162 Å². The van der Waals surface area contributed by atoms with Gasteiger partial charge in [0.2, 0.25) is 0 Å². The average Bonchev–Trinajstić information content (AvgIpc) is 2.68. The van der Waals surface area contributed by atoms with Gasteiger partial charge in [0.1, 0.15) is 5.82 Å². The summed E-state index contributed by atoms with van der Waals surface area (Å²) in [5, 5.41) is 3.50. The molecule has 1 aliphatic carbocycles. The van der Waals surface area contributed by atoms with E-state index in [0.29, 0.717) is 12.1 Å². The van der Waals surface area contributed by atoms with Crippen LogP contribution < -0.4 is 5.32 Å². The van der Waals surface area contributed by atoms with Crippen LogP contribution in [0.3, 0.4) is 0 Å². The SMILES string of the molecule is COC(=O)c1cnc(N[C@@H]2CCC[C@@H](CN3CCN(C(C)C)CC3)C2)cn1. The lowest BCUT2D eigenvalue weighted by atomic mass is 9.85. The summed E-state index contributed by atoms with van der Waals surface area (Å²) in [6.45, 7) is 10.5. The zero-order valence-corrected chi connectivity index (χ0v) is 16.9. The zero-order valence-electron chi connectivity index (χ0n) is 16.9. The summed E-state index contributed by atoms with van der Waals surface area (Å²) in [5.74, 6) is 1.02. The van der Waals surface area contributed by atoms with E-state index in [2.05, 4.69) is 43.7 Å². The summed E-state index contributed by atoms with van der Waals surface area (Å²) >= 11 is 0. The molecular weight excluding hydrogens is 342 g/mol. The molecule has 0 spiro atoms. The van der Waals surface area contributed by atoms with Crippen molar-refractivity contribution in [3.63, 3.8) is 0 Å². The van der Waals surface area contributed by atoms with E-state index in [0.717, 1.165) is 18.2 Å². The normalized spacial score (nSPS) is 24.7. The first-order valence-electron chi connectivity index (χ1n) is 10.2. The standard InChI is InChI=1S/C20H33N5O2/c1-15(2)25-9-7-24(8-10-25)14-16-5-4-6-17(11-16)23-19-13-21-18(12-22-19)20(26)27-3/h12-13,15-17H,4-11,14H2,1-3H3,(H,22,23)/t16-,17-/m1/s1. The van der Waals surface area contributed by atoms with Crippen molar-refractivity contribution in [1.29, 1.82) is 0 Å². The molecule has 1 aliphatic heterocycles. The number of nitrogens with one attached hydrogen (secondary N) is 1. The topological polar surface area (TPSA) is 70.6 Å². The van der Waals surface area contributed by atoms with Gasteiger partial charge in [0.15, 0.2) is 5.69 Å². The number of carbonyl (C=O) groups is 1. The monoisotopic (exact) mass is 375 g/mol. The van der Waals surface area contributed by atoms with Gasteiger partial charge in [-0.15, -0.1) is 0 Å². The lowest BCUT2D eigenvalue weighted by molar-refractivity contribution is 0.0593. The van der Waals surface area contributed by atoms with E-state index in [-0.39, 0.29) is 5.69 Å². The number of hydrogen-bond acceptors (Lipinski definition) is 7. The predicted molar refractivity (Wildman–Crippen MR) is 106 cm³/mol. The molecule has 1 aromatic heterocycles. The van der Waals surface area contributed by atoms with Gasteiger partial charge >= 0.3 is 5.97 Å². The molecule has 150 valence electrons. The number of ether oxygens (including phenoxy) is 1. The van der Waals surface area contributed by atoms with Crippen LogP contribution in [-0.4, -0.2) is 77.7 Å². The van der Waals surface area contributed by atoms with Gasteiger partial charge in [-0.3, -0.25) is 4.90 Å². The third-order valence-corrected chi connectivity index (χ3v) is 5.83. The van der Waals surface area contributed by atoms with Crippen LogP contribution in [0, 0.1) is 5.92 Å². The molecule has 0 unspecified atom stereocenters. The summed E-state index contributed by atoms with van der Waals surface area (Å²) in [6, 6.07) is 1.08. The minimum atomic E-state index is -0.454. The number of piperazine rings is 1. The molecular formula is C20H33N5O2. The lowest BCUT2D eigenvalue weighted by Gasteiger charge is -2.39. The molecule has 1 N–H and O–H groups in total. The lowest BCUT2D eigenvalue weighted by Crippen LogP contribution is -2.50. The Bertz CT molecular complexity index is 599. The minimum Gasteiger partial charge on any atom is -0.464 e. The average molecular weight is 376 g/mol. The van der Waals surface area contributed by atoms with Crippen molar-refractivity contribution in [3.05, 3.63) is 18.1 Å². The van der Waals surface area contributed by atoms with E-state index in [1.54, 1.807) is 6.20 Å². The molecule has 7 nitrogen and oxygen atoms in total. The van der Waals surface area contributed by atoms with Gasteiger partial charge in [-0.2, -0.15) is 0 Å². The summed E-state index contributed by atoms with van der Waals surface area (Å²) in [6.07, 6.45) is 8.00. The maximum atomic E-state index is 11.5. The Balaban J connectivity index is 1.46. The second-order valence-corrected chi connectivity index (χ2v) is 8.08. The molecule has 3 rings (SSSR count). The highest BCUT2D eigenvalue weighted by Crippen LogP contribution is 2.27. The van der Waals surface area contributed by atoms with Crippen LogP contribution in [-0.2, 0) is 4.74 Å². The van der Waals surface area contributed by atoms with Crippen molar-refractivity contribution in [1.82, 2.24) is 19.8 Å². The fourth-order valence-electron chi connectivity index (χ4n) is 4.24. The third kappa shape index (κ3) is 5.62. The van der Waals surface area contributed by atoms with Gasteiger partial charge in [0.05, 0.1) is 19.5 Å². The number of anilines is 1. The molecule has 0 bridgehead atoms. The second kappa shape index (κ2) is 9.46. The van der Waals surface area contributed by atoms with Crippen molar-refractivity contribution in [2.45, 2.75) is 51.6 Å². The van der Waals surface area contributed by atoms with Crippen LogP contribution in [0.4, 0.5) is 5.82 Å². The Morgan fingerprint density at radius 3 is 2.63 bits per heavy atom. The Morgan fingerprint density at radius 1 is 1.22 bits per heavy atom. The maximum Gasteiger partial charge on any atom is 0.358 e. The fraction of sp³-hybridized carbons (Fsp3) is 0.750. The Kier molecular flexibility index (Phi) is 7.01. The quantitative estimate of drug-likeness (QED) is 0.765. The van der Waals surface area contributed by atoms with Gasteiger partial charge in [0.25, 0.3) is 0 Å². The van der Waals surface area contributed by atoms with Crippen molar-refractivity contribution < 1.29 is 9.53 Å². The summed E-state index contributed by atoms with van der Waals surface area (Å²) in [4.78, 5) is 25.1. The molecule has 2 fully saturated rings. The third-order valence-electron chi connectivity index (χ3n) is 5.83. The molecule has 0 amide bonds. The van der Waals surface area contributed by atoms with Crippen molar-refractivity contribution in [2.75, 3.05) is 45.2 Å². The van der Waals surface area contributed by atoms with Gasteiger partial charge in [-0.05, 0) is 39.0 Å². The maximum absolute atomic E-state index is 11.5. The van der Waals surface area contributed by atoms with E-state index < -0.39 is 5.97 Å². The molecule has 1 saturated heterocycles. The Morgan fingerprint density at radius 2 is 2.00 bits per heavy atom. The van der Waals surface area contributed by atoms with Crippen molar-refractivity contribution in [3.8, 4) is 0 Å². The Hall–Kier alpha value is -1.73. The van der Waals surface area contributed by atoms with Gasteiger partial charge in [0, 0.05) is 44.8 Å². The molecule has 2 aliphatic rings. The van der Waals surface area contributed by atoms with E-state index in [9.17, 15) is 4.79 Å². The molecule has 0 radical (unpaired) electrons. The van der Waals surface area contributed by atoms with Crippen LogP contribution in [0.2, 0.25) is 0 Å². The predicted octanol–water partition coefficient (Wildman–Crippen LogP) is 2.26. The molecule has 2 heterocycles. The van der Waals surface area contributed by atoms with Crippen LogP contribution in [0.1, 0.15) is 50.0 Å². The number of carbonyl (C=O) groups excluding carboxylic acids is 1. The molecule has 2 atom stereocenters. The number of rotatable bonds is 6.